The van der Waals surface area contributed by atoms with E-state index in [-0.39, 0.29) is 0 Å². The molecule has 2 aromatic rings. The largest absolute Gasteiger partial charge is 0.457 e. The highest BCUT2D eigenvalue weighted by atomic mass is 16.7. The van der Waals surface area contributed by atoms with Gasteiger partial charge in [-0.1, -0.05) is 36.4 Å². The molecule has 2 heterocycles. The minimum atomic E-state index is -1.08. The first-order valence-corrected chi connectivity index (χ1v) is 6.69. The fourth-order valence-electron chi connectivity index (χ4n) is 3.01. The molecule has 4 rings (SSSR count). The van der Waals surface area contributed by atoms with Gasteiger partial charge in [-0.15, -0.1) is 0 Å². The lowest BCUT2D eigenvalue weighted by molar-refractivity contribution is -0.511. The molecule has 0 saturated carbocycles. The molecular weight excluding hydrogens is 268 g/mol. The molecule has 2 aliphatic rings. The first-order valence-electron chi connectivity index (χ1n) is 6.69. The Bertz CT molecular complexity index is 772. The van der Waals surface area contributed by atoms with E-state index in [1.54, 1.807) is 18.2 Å². The number of benzene rings is 2. The Labute approximate surface area is 121 Å². The van der Waals surface area contributed by atoms with Crippen LogP contribution in [-0.4, -0.2) is 10.8 Å². The van der Waals surface area contributed by atoms with Gasteiger partial charge in [-0.05, 0) is 34.9 Å². The summed E-state index contributed by atoms with van der Waals surface area (Å²) in [4.78, 5) is 11.6. The number of fused-ring (bicyclic) bond motifs is 2. The van der Waals surface area contributed by atoms with Crippen LogP contribution in [0.2, 0.25) is 0 Å². The number of hydrogen-bond acceptors (Lipinski definition) is 3. The number of anilines is 1. The first kappa shape index (κ1) is 12.0. The Balaban J connectivity index is 1.85. The van der Waals surface area contributed by atoms with E-state index in [2.05, 4.69) is 0 Å². The summed E-state index contributed by atoms with van der Waals surface area (Å²) in [5.74, 6) is 0.666. The minimum absolute atomic E-state index is 0.399. The minimum Gasteiger partial charge on any atom is -0.457 e. The van der Waals surface area contributed by atoms with E-state index < -0.39 is 10.8 Å². The third-order valence-corrected chi connectivity index (χ3v) is 3.91. The van der Waals surface area contributed by atoms with Gasteiger partial charge in [0.05, 0.1) is 0 Å². The number of hydrazine groups is 1. The van der Waals surface area contributed by atoms with Crippen molar-refractivity contribution in [2.45, 2.75) is 12.1 Å². The zero-order valence-corrected chi connectivity index (χ0v) is 11.1. The van der Waals surface area contributed by atoms with Crippen molar-refractivity contribution in [3.05, 3.63) is 75.8 Å². The van der Waals surface area contributed by atoms with Crippen LogP contribution in [0.15, 0.2) is 54.6 Å². The molecule has 0 radical (unpaired) electrons. The Hall–Kier alpha value is -2.82. The van der Waals surface area contributed by atoms with Crippen molar-refractivity contribution in [2.75, 3.05) is 5.01 Å². The number of nitro groups is 1. The van der Waals surface area contributed by atoms with Crippen LogP contribution < -0.4 is 9.75 Å². The molecule has 1 atom stereocenters. The SMILES string of the molecule is O=[N+]([O-])N1c2ccccc2CC12C=Cc1ccccc1O2. The zero-order valence-electron chi connectivity index (χ0n) is 11.1. The molecule has 0 aliphatic carbocycles. The van der Waals surface area contributed by atoms with Gasteiger partial charge in [0, 0.05) is 12.0 Å². The summed E-state index contributed by atoms with van der Waals surface area (Å²) < 4.78 is 6.03. The van der Waals surface area contributed by atoms with Crippen LogP contribution in [0.5, 0.6) is 5.75 Å². The molecule has 2 aliphatic heterocycles. The zero-order chi connectivity index (χ0) is 14.4. The summed E-state index contributed by atoms with van der Waals surface area (Å²) >= 11 is 0. The van der Waals surface area contributed by atoms with E-state index in [4.69, 9.17) is 4.74 Å². The number of hydrogen-bond donors (Lipinski definition) is 0. The average molecular weight is 280 g/mol. The fourth-order valence-corrected chi connectivity index (χ4v) is 3.01. The summed E-state index contributed by atoms with van der Waals surface area (Å²) in [5, 5.41) is 12.3. The molecule has 0 fully saturated rings. The van der Waals surface area contributed by atoms with Gasteiger partial charge in [0.2, 0.25) is 0 Å². The summed E-state index contributed by atoms with van der Waals surface area (Å²) in [5.41, 5.74) is 1.36. The maximum Gasteiger partial charge on any atom is 0.265 e. The van der Waals surface area contributed by atoms with Gasteiger partial charge in [0.15, 0.2) is 5.03 Å². The second-order valence-corrected chi connectivity index (χ2v) is 5.17. The summed E-state index contributed by atoms with van der Waals surface area (Å²) in [6.07, 6.45) is 4.12. The molecule has 1 spiro atoms. The van der Waals surface area contributed by atoms with Crippen LogP contribution in [0.1, 0.15) is 11.1 Å². The van der Waals surface area contributed by atoms with Crippen molar-refractivity contribution >= 4 is 11.8 Å². The van der Waals surface area contributed by atoms with Gasteiger partial charge < -0.3 is 4.74 Å². The maximum atomic E-state index is 11.6. The lowest BCUT2D eigenvalue weighted by atomic mass is 10.0. The van der Waals surface area contributed by atoms with Gasteiger partial charge >= 0.3 is 0 Å². The third-order valence-electron chi connectivity index (χ3n) is 3.91. The molecular formula is C16H12N2O3. The second kappa shape index (κ2) is 4.09. The van der Waals surface area contributed by atoms with Gasteiger partial charge in [-0.3, -0.25) is 0 Å². The smallest absolute Gasteiger partial charge is 0.265 e. The first-order chi connectivity index (χ1) is 10.2. The lowest BCUT2D eigenvalue weighted by Crippen LogP contribution is -2.53. The van der Waals surface area contributed by atoms with Crippen LogP contribution in [0.4, 0.5) is 5.69 Å². The molecule has 5 nitrogen and oxygen atoms in total. The van der Waals surface area contributed by atoms with Crippen molar-refractivity contribution in [1.29, 1.82) is 0 Å². The number of nitrogens with zero attached hydrogens (tertiary/aromatic N) is 2. The third kappa shape index (κ3) is 1.64. The van der Waals surface area contributed by atoms with Gasteiger partial charge in [0.25, 0.3) is 5.72 Å². The molecule has 0 bridgehead atoms. The normalized spacial score (nSPS) is 21.8. The standard InChI is InChI=1S/C16H12N2O3/c19-18(20)17-14-7-3-1-6-13(14)11-16(17)10-9-12-5-2-4-8-15(12)21-16/h1-10H,11H2. The van der Waals surface area contributed by atoms with Crippen molar-refractivity contribution in [2.24, 2.45) is 0 Å². The monoisotopic (exact) mass is 280 g/mol. The van der Waals surface area contributed by atoms with Gasteiger partial charge in [-0.25, -0.2) is 10.1 Å². The Morgan fingerprint density at radius 2 is 1.90 bits per heavy atom. The number of rotatable bonds is 1. The van der Waals surface area contributed by atoms with Crippen molar-refractivity contribution < 1.29 is 9.77 Å². The van der Waals surface area contributed by atoms with E-state index in [1.165, 1.54) is 0 Å². The topological polar surface area (TPSA) is 55.6 Å². The van der Waals surface area contributed by atoms with Crippen LogP contribution >= 0.6 is 0 Å². The molecule has 21 heavy (non-hydrogen) atoms. The Morgan fingerprint density at radius 3 is 2.76 bits per heavy atom. The predicted octanol–water partition coefficient (Wildman–Crippen LogP) is 3.04. The molecule has 0 saturated heterocycles. The highest BCUT2D eigenvalue weighted by Gasteiger charge is 2.53. The van der Waals surface area contributed by atoms with Crippen LogP contribution in [-0.2, 0) is 6.42 Å². The van der Waals surface area contributed by atoms with Crippen LogP contribution in [0.25, 0.3) is 6.08 Å². The molecule has 5 heteroatoms. The van der Waals surface area contributed by atoms with Crippen molar-refractivity contribution in [3.8, 4) is 5.75 Å². The predicted molar refractivity (Wildman–Crippen MR) is 78.5 cm³/mol. The summed E-state index contributed by atoms with van der Waals surface area (Å²) in [6, 6.07) is 14.9. The highest BCUT2D eigenvalue weighted by Crippen LogP contribution is 2.44. The van der Waals surface area contributed by atoms with Crippen LogP contribution in [0, 0.1) is 10.1 Å². The van der Waals surface area contributed by atoms with E-state index in [9.17, 15) is 10.1 Å². The number of ether oxygens (including phenoxy) is 1. The maximum absolute atomic E-state index is 11.6. The van der Waals surface area contributed by atoms with E-state index in [0.717, 1.165) is 16.1 Å². The summed E-state index contributed by atoms with van der Waals surface area (Å²) in [7, 11) is 0. The second-order valence-electron chi connectivity index (χ2n) is 5.17. The molecule has 0 aromatic heterocycles. The quantitative estimate of drug-likeness (QED) is 0.595. The average Bonchev–Trinajstić information content (AvgIpc) is 2.80. The Morgan fingerprint density at radius 1 is 1.14 bits per heavy atom. The van der Waals surface area contributed by atoms with Gasteiger partial charge in [-0.2, -0.15) is 0 Å². The molecule has 0 amide bonds. The highest BCUT2D eigenvalue weighted by molar-refractivity contribution is 5.67. The lowest BCUT2D eigenvalue weighted by Gasteiger charge is -2.33. The summed E-state index contributed by atoms with van der Waals surface area (Å²) in [6.45, 7) is 0. The molecule has 104 valence electrons. The molecule has 0 N–H and O–H groups in total. The van der Waals surface area contributed by atoms with Crippen molar-refractivity contribution in [3.63, 3.8) is 0 Å². The molecule has 1 unspecified atom stereocenters. The fraction of sp³-hybridized carbons (Fsp3) is 0.125. The Kier molecular flexibility index (Phi) is 2.33. The van der Waals surface area contributed by atoms with Crippen molar-refractivity contribution in [1.82, 2.24) is 0 Å². The van der Waals surface area contributed by atoms with E-state index in [0.29, 0.717) is 17.9 Å². The van der Waals surface area contributed by atoms with Gasteiger partial charge in [0.1, 0.15) is 11.4 Å². The van der Waals surface area contributed by atoms with E-state index in [1.807, 2.05) is 42.5 Å². The van der Waals surface area contributed by atoms with Crippen LogP contribution in [0.3, 0.4) is 0 Å². The number of para-hydroxylation sites is 2. The molecule has 2 aromatic carbocycles. The van der Waals surface area contributed by atoms with E-state index >= 15 is 0 Å².